The summed E-state index contributed by atoms with van der Waals surface area (Å²) in [4.78, 5) is 0. The third-order valence-corrected chi connectivity index (χ3v) is 4.65. The first-order valence-corrected chi connectivity index (χ1v) is 6.42. The van der Waals surface area contributed by atoms with Gasteiger partial charge in [-0.15, -0.1) is 13.2 Å². The predicted octanol–water partition coefficient (Wildman–Crippen LogP) is 4.11. The summed E-state index contributed by atoms with van der Waals surface area (Å²) in [6.07, 6.45) is 6.78. The van der Waals surface area contributed by atoms with Gasteiger partial charge in [0.25, 0.3) is 0 Å². The minimum Gasteiger partial charge on any atom is -0.386 e. The maximum atomic E-state index is 10.3. The van der Waals surface area contributed by atoms with Crippen molar-refractivity contribution in [2.75, 3.05) is 0 Å². The van der Waals surface area contributed by atoms with Gasteiger partial charge in [0.2, 0.25) is 0 Å². The smallest absolute Gasteiger partial charge is 0.0825 e. The fraction of sp³-hybridized carbons (Fsp3) is 0.625. The van der Waals surface area contributed by atoms with E-state index < -0.39 is 5.60 Å². The Hall–Kier alpha value is -0.820. The van der Waals surface area contributed by atoms with Crippen LogP contribution in [0.2, 0.25) is 0 Å². The first-order valence-electron chi connectivity index (χ1n) is 6.42. The highest BCUT2D eigenvalue weighted by Crippen LogP contribution is 2.49. The molecule has 1 aliphatic rings. The van der Waals surface area contributed by atoms with Crippen LogP contribution < -0.4 is 0 Å². The molecule has 96 valence electrons. The lowest BCUT2D eigenvalue weighted by Crippen LogP contribution is -2.42. The first-order chi connectivity index (χ1) is 7.77. The van der Waals surface area contributed by atoms with Crippen LogP contribution in [0.3, 0.4) is 0 Å². The van der Waals surface area contributed by atoms with Crippen LogP contribution in [-0.2, 0) is 0 Å². The van der Waals surface area contributed by atoms with E-state index in [1.54, 1.807) is 6.08 Å². The minimum atomic E-state index is -0.768. The second-order valence-electron chi connectivity index (χ2n) is 6.01. The predicted molar refractivity (Wildman–Crippen MR) is 74.8 cm³/mol. The molecule has 1 aliphatic carbocycles. The molecule has 0 aromatic heterocycles. The van der Waals surface area contributed by atoms with E-state index in [1.807, 2.05) is 6.92 Å². The van der Waals surface area contributed by atoms with Gasteiger partial charge in [0.15, 0.2) is 0 Å². The van der Waals surface area contributed by atoms with Gasteiger partial charge in [-0.05, 0) is 50.4 Å². The molecule has 0 heterocycles. The molecule has 2 unspecified atom stereocenters. The second kappa shape index (κ2) is 4.81. The lowest BCUT2D eigenvalue weighted by molar-refractivity contribution is -0.00198. The molecule has 1 heteroatoms. The summed E-state index contributed by atoms with van der Waals surface area (Å²) in [7, 11) is 0. The Morgan fingerprint density at radius 2 is 2.06 bits per heavy atom. The third-order valence-electron chi connectivity index (χ3n) is 4.65. The summed E-state index contributed by atoms with van der Waals surface area (Å²) in [6.45, 7) is 18.0. The molecule has 1 rings (SSSR count). The van der Waals surface area contributed by atoms with Gasteiger partial charge in [-0.2, -0.15) is 0 Å². The molecule has 1 N–H and O–H groups in total. The van der Waals surface area contributed by atoms with Gasteiger partial charge in [0.05, 0.1) is 5.60 Å². The Morgan fingerprint density at radius 1 is 1.47 bits per heavy atom. The standard InChI is InChI=1S/C16H26O/c1-7-15(5)10-9-13(16(6,17)8-2)11-14(15)12(3)4/h7-8,13-14,17H,1-3,9-11H2,4-6H3/t13?,14-,15+,16?/m1/s1. The molecule has 0 spiro atoms. The number of rotatable bonds is 4. The monoisotopic (exact) mass is 234 g/mol. The first kappa shape index (κ1) is 14.2. The molecular weight excluding hydrogens is 208 g/mol. The van der Waals surface area contributed by atoms with Crippen LogP contribution in [0, 0.1) is 17.3 Å². The van der Waals surface area contributed by atoms with E-state index in [1.165, 1.54) is 5.57 Å². The van der Waals surface area contributed by atoms with Gasteiger partial charge in [-0.1, -0.05) is 31.2 Å². The fourth-order valence-electron chi connectivity index (χ4n) is 3.04. The van der Waals surface area contributed by atoms with Crippen molar-refractivity contribution < 1.29 is 5.11 Å². The van der Waals surface area contributed by atoms with Crippen molar-refractivity contribution in [1.82, 2.24) is 0 Å². The quantitative estimate of drug-likeness (QED) is 0.726. The molecule has 0 radical (unpaired) electrons. The van der Waals surface area contributed by atoms with Gasteiger partial charge in [0.1, 0.15) is 0 Å². The van der Waals surface area contributed by atoms with Gasteiger partial charge < -0.3 is 5.11 Å². The molecule has 1 saturated carbocycles. The summed E-state index contributed by atoms with van der Waals surface area (Å²) in [5, 5.41) is 10.3. The maximum Gasteiger partial charge on any atom is 0.0825 e. The van der Waals surface area contributed by atoms with Crippen molar-refractivity contribution in [3.63, 3.8) is 0 Å². The molecule has 1 nitrogen and oxygen atoms in total. The molecule has 0 saturated heterocycles. The lowest BCUT2D eigenvalue weighted by atomic mass is 9.59. The van der Waals surface area contributed by atoms with E-state index in [0.29, 0.717) is 5.92 Å². The van der Waals surface area contributed by atoms with E-state index in [-0.39, 0.29) is 11.3 Å². The summed E-state index contributed by atoms with van der Waals surface area (Å²) in [6, 6.07) is 0. The molecule has 1 fully saturated rings. The van der Waals surface area contributed by atoms with Crippen molar-refractivity contribution in [1.29, 1.82) is 0 Å². The van der Waals surface area contributed by atoms with Crippen LogP contribution in [-0.4, -0.2) is 10.7 Å². The van der Waals surface area contributed by atoms with Gasteiger partial charge in [-0.25, -0.2) is 0 Å². The molecule has 0 aromatic rings. The van der Waals surface area contributed by atoms with Gasteiger partial charge in [0, 0.05) is 0 Å². The van der Waals surface area contributed by atoms with Crippen molar-refractivity contribution in [3.05, 3.63) is 37.5 Å². The highest BCUT2D eigenvalue weighted by Gasteiger charge is 2.42. The zero-order valence-corrected chi connectivity index (χ0v) is 11.5. The molecule has 0 aliphatic heterocycles. The van der Waals surface area contributed by atoms with Crippen LogP contribution >= 0.6 is 0 Å². The van der Waals surface area contributed by atoms with E-state index in [0.717, 1.165) is 19.3 Å². The highest BCUT2D eigenvalue weighted by molar-refractivity contribution is 5.14. The van der Waals surface area contributed by atoms with E-state index in [9.17, 15) is 5.11 Å². The normalized spacial score (nSPS) is 36.9. The van der Waals surface area contributed by atoms with Crippen LogP contribution in [0.15, 0.2) is 37.5 Å². The van der Waals surface area contributed by atoms with Crippen LogP contribution in [0.1, 0.15) is 40.0 Å². The fourth-order valence-corrected chi connectivity index (χ4v) is 3.04. The third kappa shape index (κ3) is 2.71. The second-order valence-corrected chi connectivity index (χ2v) is 6.01. The van der Waals surface area contributed by atoms with Gasteiger partial charge in [-0.3, -0.25) is 0 Å². The SMILES string of the molecule is C=CC(C)(O)C1CC[C@](C)(C=C)[C@@H](C(=C)C)C1. The Kier molecular flexibility index (Phi) is 4.03. The number of hydrogen-bond donors (Lipinski definition) is 1. The molecular formula is C16H26O. The zero-order valence-electron chi connectivity index (χ0n) is 11.5. The lowest BCUT2D eigenvalue weighted by Gasteiger charge is -2.46. The van der Waals surface area contributed by atoms with Crippen LogP contribution in [0.25, 0.3) is 0 Å². The van der Waals surface area contributed by atoms with Crippen molar-refractivity contribution in [2.45, 2.75) is 45.6 Å². The summed E-state index contributed by atoms with van der Waals surface area (Å²) < 4.78 is 0. The Morgan fingerprint density at radius 3 is 2.47 bits per heavy atom. The Bertz CT molecular complexity index is 326. The number of aliphatic hydroxyl groups is 1. The Labute approximate surface area is 106 Å². The van der Waals surface area contributed by atoms with E-state index in [2.05, 4.69) is 39.7 Å². The maximum absolute atomic E-state index is 10.3. The molecule has 17 heavy (non-hydrogen) atoms. The van der Waals surface area contributed by atoms with Gasteiger partial charge >= 0.3 is 0 Å². The van der Waals surface area contributed by atoms with Crippen molar-refractivity contribution >= 4 is 0 Å². The zero-order chi connectivity index (χ0) is 13.3. The number of hydrogen-bond acceptors (Lipinski definition) is 1. The summed E-state index contributed by atoms with van der Waals surface area (Å²) >= 11 is 0. The molecule has 4 atom stereocenters. The topological polar surface area (TPSA) is 20.2 Å². The average Bonchev–Trinajstić information content (AvgIpc) is 2.28. The van der Waals surface area contributed by atoms with Crippen LogP contribution in [0.4, 0.5) is 0 Å². The molecule has 0 aromatic carbocycles. The minimum absolute atomic E-state index is 0.125. The Balaban J connectivity index is 2.94. The largest absolute Gasteiger partial charge is 0.386 e. The number of allylic oxidation sites excluding steroid dienone is 2. The summed E-state index contributed by atoms with van der Waals surface area (Å²) in [5.41, 5.74) is 0.549. The van der Waals surface area contributed by atoms with Crippen molar-refractivity contribution in [3.8, 4) is 0 Å². The van der Waals surface area contributed by atoms with E-state index >= 15 is 0 Å². The van der Waals surface area contributed by atoms with Crippen molar-refractivity contribution in [2.24, 2.45) is 17.3 Å². The highest BCUT2D eigenvalue weighted by atomic mass is 16.3. The van der Waals surface area contributed by atoms with Crippen LogP contribution in [0.5, 0.6) is 0 Å². The summed E-state index contributed by atoms with van der Waals surface area (Å²) in [5.74, 6) is 0.680. The van der Waals surface area contributed by atoms with E-state index in [4.69, 9.17) is 0 Å². The molecule has 0 amide bonds. The molecule has 0 bridgehead atoms. The average molecular weight is 234 g/mol.